The first kappa shape index (κ1) is 10.9. The predicted octanol–water partition coefficient (Wildman–Crippen LogP) is -0.710. The number of aliphatic hydroxyl groups excluding tert-OH is 1. The quantitative estimate of drug-likeness (QED) is 0.613. The Balaban J connectivity index is 2.30. The molecule has 0 bridgehead atoms. The summed E-state index contributed by atoms with van der Waals surface area (Å²) in [5.41, 5.74) is 5.73. The van der Waals surface area contributed by atoms with E-state index in [1.807, 2.05) is 0 Å². The van der Waals surface area contributed by atoms with Crippen LogP contribution in [0.15, 0.2) is 0 Å². The van der Waals surface area contributed by atoms with E-state index in [-0.39, 0.29) is 12.8 Å². The minimum atomic E-state index is -0.172. The predicted molar refractivity (Wildman–Crippen MR) is 53.3 cm³/mol. The normalized spacial score (nSPS) is 23.8. The van der Waals surface area contributed by atoms with Gasteiger partial charge in [-0.25, -0.2) is 0 Å². The Labute approximate surface area is 80.3 Å². The first-order valence-corrected chi connectivity index (χ1v) is 4.99. The van der Waals surface area contributed by atoms with E-state index in [9.17, 15) is 0 Å². The topological polar surface area (TPSA) is 52.7 Å². The van der Waals surface area contributed by atoms with Crippen molar-refractivity contribution in [2.24, 2.45) is 5.73 Å². The van der Waals surface area contributed by atoms with Crippen molar-refractivity contribution in [3.8, 4) is 0 Å². The van der Waals surface area contributed by atoms with Gasteiger partial charge in [0.2, 0.25) is 0 Å². The van der Waals surface area contributed by atoms with E-state index in [4.69, 9.17) is 10.8 Å². The molecule has 3 N–H and O–H groups in total. The monoisotopic (exact) mass is 187 g/mol. The van der Waals surface area contributed by atoms with Gasteiger partial charge in [0, 0.05) is 32.2 Å². The average Bonchev–Trinajstić information content (AvgIpc) is 2.17. The second kappa shape index (κ2) is 4.91. The molecule has 1 atom stereocenters. The first-order valence-electron chi connectivity index (χ1n) is 4.99. The molecule has 1 rings (SSSR count). The zero-order valence-corrected chi connectivity index (χ0v) is 8.61. The highest BCUT2D eigenvalue weighted by Crippen LogP contribution is 2.06. The summed E-state index contributed by atoms with van der Waals surface area (Å²) in [5, 5.41) is 8.88. The maximum absolute atomic E-state index is 8.88. The van der Waals surface area contributed by atoms with Crippen molar-refractivity contribution < 1.29 is 5.11 Å². The lowest BCUT2D eigenvalue weighted by molar-refractivity contribution is 0.0559. The molecule has 13 heavy (non-hydrogen) atoms. The SMILES string of the molecule is CC(C)N1CCN(C(N)CO)CC1. The number of nitrogens with zero attached hydrogens (tertiary/aromatic N) is 2. The lowest BCUT2D eigenvalue weighted by Gasteiger charge is -2.39. The molecular formula is C9H21N3O. The lowest BCUT2D eigenvalue weighted by Crippen LogP contribution is -2.55. The highest BCUT2D eigenvalue weighted by Gasteiger charge is 2.21. The third-order valence-corrected chi connectivity index (χ3v) is 2.74. The van der Waals surface area contributed by atoms with Gasteiger partial charge in [-0.2, -0.15) is 0 Å². The molecule has 0 aromatic heterocycles. The highest BCUT2D eigenvalue weighted by molar-refractivity contribution is 4.76. The Morgan fingerprint density at radius 2 is 1.62 bits per heavy atom. The van der Waals surface area contributed by atoms with Crippen LogP contribution in [0.2, 0.25) is 0 Å². The summed E-state index contributed by atoms with van der Waals surface area (Å²) >= 11 is 0. The lowest BCUT2D eigenvalue weighted by atomic mass is 10.2. The molecule has 0 radical (unpaired) electrons. The van der Waals surface area contributed by atoms with Crippen molar-refractivity contribution in [3.05, 3.63) is 0 Å². The van der Waals surface area contributed by atoms with E-state index < -0.39 is 0 Å². The smallest absolute Gasteiger partial charge is 0.0811 e. The Hall–Kier alpha value is -0.160. The molecule has 1 aliphatic heterocycles. The van der Waals surface area contributed by atoms with Crippen molar-refractivity contribution in [2.75, 3.05) is 32.8 Å². The van der Waals surface area contributed by atoms with Gasteiger partial charge in [-0.05, 0) is 13.8 Å². The molecule has 0 amide bonds. The molecule has 4 nitrogen and oxygen atoms in total. The fraction of sp³-hybridized carbons (Fsp3) is 1.00. The Morgan fingerprint density at radius 1 is 1.15 bits per heavy atom. The van der Waals surface area contributed by atoms with Crippen LogP contribution in [-0.4, -0.2) is 59.9 Å². The summed E-state index contributed by atoms with van der Waals surface area (Å²) in [5.74, 6) is 0. The third-order valence-electron chi connectivity index (χ3n) is 2.74. The molecule has 1 saturated heterocycles. The summed E-state index contributed by atoms with van der Waals surface area (Å²) in [6.07, 6.45) is -0.172. The van der Waals surface area contributed by atoms with Crippen molar-refractivity contribution in [3.63, 3.8) is 0 Å². The average molecular weight is 187 g/mol. The molecule has 0 spiro atoms. The van der Waals surface area contributed by atoms with E-state index in [1.165, 1.54) is 0 Å². The van der Waals surface area contributed by atoms with Crippen LogP contribution in [0.25, 0.3) is 0 Å². The van der Waals surface area contributed by atoms with Crippen LogP contribution < -0.4 is 5.73 Å². The molecule has 0 aromatic carbocycles. The van der Waals surface area contributed by atoms with Crippen LogP contribution in [0.1, 0.15) is 13.8 Å². The minimum absolute atomic E-state index is 0.0572. The summed E-state index contributed by atoms with van der Waals surface area (Å²) in [4.78, 5) is 4.57. The van der Waals surface area contributed by atoms with E-state index in [0.29, 0.717) is 6.04 Å². The van der Waals surface area contributed by atoms with Gasteiger partial charge in [0.05, 0.1) is 12.8 Å². The van der Waals surface area contributed by atoms with Crippen molar-refractivity contribution in [1.82, 2.24) is 9.80 Å². The van der Waals surface area contributed by atoms with Crippen LogP contribution in [0.5, 0.6) is 0 Å². The summed E-state index contributed by atoms with van der Waals surface area (Å²) in [6, 6.07) is 0.618. The number of hydrogen-bond donors (Lipinski definition) is 2. The summed E-state index contributed by atoms with van der Waals surface area (Å²) in [6.45, 7) is 8.54. The van der Waals surface area contributed by atoms with E-state index in [1.54, 1.807) is 0 Å². The van der Waals surface area contributed by atoms with E-state index >= 15 is 0 Å². The maximum atomic E-state index is 8.88. The number of piperazine rings is 1. The van der Waals surface area contributed by atoms with Crippen molar-refractivity contribution >= 4 is 0 Å². The zero-order valence-electron chi connectivity index (χ0n) is 8.61. The van der Waals surface area contributed by atoms with Crippen LogP contribution in [-0.2, 0) is 0 Å². The van der Waals surface area contributed by atoms with E-state index in [2.05, 4.69) is 23.6 Å². The molecule has 0 saturated carbocycles. The molecular weight excluding hydrogens is 166 g/mol. The van der Waals surface area contributed by atoms with Gasteiger partial charge in [0.15, 0.2) is 0 Å². The Bertz CT molecular complexity index is 144. The van der Waals surface area contributed by atoms with Gasteiger partial charge < -0.3 is 10.8 Å². The maximum Gasteiger partial charge on any atom is 0.0811 e. The van der Waals surface area contributed by atoms with Gasteiger partial charge in [0.1, 0.15) is 0 Å². The molecule has 78 valence electrons. The van der Waals surface area contributed by atoms with Gasteiger partial charge in [0.25, 0.3) is 0 Å². The minimum Gasteiger partial charge on any atom is -0.393 e. The Morgan fingerprint density at radius 3 is 2.00 bits per heavy atom. The fourth-order valence-corrected chi connectivity index (χ4v) is 1.70. The second-order valence-corrected chi connectivity index (χ2v) is 3.92. The molecule has 1 fully saturated rings. The van der Waals surface area contributed by atoms with E-state index in [0.717, 1.165) is 26.2 Å². The largest absolute Gasteiger partial charge is 0.393 e. The molecule has 1 unspecified atom stereocenters. The summed E-state index contributed by atoms with van der Waals surface area (Å²) < 4.78 is 0. The number of rotatable bonds is 3. The third kappa shape index (κ3) is 2.91. The number of hydrogen-bond acceptors (Lipinski definition) is 4. The highest BCUT2D eigenvalue weighted by atomic mass is 16.3. The molecule has 0 aliphatic carbocycles. The molecule has 0 aromatic rings. The van der Waals surface area contributed by atoms with Gasteiger partial charge in [-0.1, -0.05) is 0 Å². The zero-order chi connectivity index (χ0) is 9.84. The number of aliphatic hydroxyl groups is 1. The fourth-order valence-electron chi connectivity index (χ4n) is 1.70. The first-order chi connectivity index (χ1) is 6.15. The van der Waals surface area contributed by atoms with Crippen LogP contribution in [0.4, 0.5) is 0 Å². The van der Waals surface area contributed by atoms with Gasteiger partial charge >= 0.3 is 0 Å². The second-order valence-electron chi connectivity index (χ2n) is 3.92. The van der Waals surface area contributed by atoms with Crippen LogP contribution in [0, 0.1) is 0 Å². The molecule has 4 heteroatoms. The van der Waals surface area contributed by atoms with Gasteiger partial charge in [-0.3, -0.25) is 9.80 Å². The van der Waals surface area contributed by atoms with Crippen molar-refractivity contribution in [2.45, 2.75) is 26.1 Å². The van der Waals surface area contributed by atoms with Crippen LogP contribution >= 0.6 is 0 Å². The molecule has 1 aliphatic rings. The Kier molecular flexibility index (Phi) is 4.12. The summed E-state index contributed by atoms with van der Waals surface area (Å²) in [7, 11) is 0. The number of nitrogens with two attached hydrogens (primary N) is 1. The standard InChI is InChI=1S/C9H21N3O/c1-8(2)11-3-5-12(6-4-11)9(10)7-13/h8-9,13H,3-7,10H2,1-2H3. The van der Waals surface area contributed by atoms with Crippen molar-refractivity contribution in [1.29, 1.82) is 0 Å². The molecule has 1 heterocycles. The van der Waals surface area contributed by atoms with Gasteiger partial charge in [-0.15, -0.1) is 0 Å². The van der Waals surface area contributed by atoms with Crippen LogP contribution in [0.3, 0.4) is 0 Å².